The number of fused-ring (bicyclic) bond motifs is 3. The first-order chi connectivity index (χ1) is 17.9. The van der Waals surface area contributed by atoms with Crippen molar-refractivity contribution in [2.24, 2.45) is 0 Å². The van der Waals surface area contributed by atoms with E-state index >= 15 is 0 Å². The molecule has 1 amide bonds. The number of carbonyl (C=O) groups excluding carboxylic acids is 1. The van der Waals surface area contributed by atoms with Crippen LogP contribution in [0.4, 0.5) is 4.79 Å². The number of halogens is 3. The molecular weight excluding hydrogens is 531 g/mol. The Hall–Kier alpha value is -3.51. The molecule has 1 atom stereocenters. The van der Waals surface area contributed by atoms with Crippen molar-refractivity contribution in [2.75, 3.05) is 6.54 Å². The standard InChI is InChI=1S/C29H20Cl3N2O3/c30-18-3-9-22(10-4-18)37-29(35)34-14-13-24-25-16-20(32)6-12-26(25)33-27(24)28(34)17-1-7-21(8-2-17)36-23-11-5-19(31)15-23/h1-12,15-16,28,33H,13-14H2/q-1. The van der Waals surface area contributed by atoms with Crippen molar-refractivity contribution in [1.29, 1.82) is 0 Å². The largest absolute Gasteiger partial charge is 0.528 e. The van der Waals surface area contributed by atoms with Crippen LogP contribution in [-0.4, -0.2) is 22.5 Å². The molecule has 1 aliphatic heterocycles. The fourth-order valence-corrected chi connectivity index (χ4v) is 5.25. The fourth-order valence-electron chi connectivity index (χ4n) is 4.78. The molecule has 2 heterocycles. The Morgan fingerprint density at radius 1 is 0.892 bits per heavy atom. The van der Waals surface area contributed by atoms with Crippen molar-refractivity contribution >= 4 is 51.8 Å². The summed E-state index contributed by atoms with van der Waals surface area (Å²) >= 11 is 18.3. The zero-order chi connectivity index (χ0) is 25.5. The molecule has 1 aliphatic rings. The van der Waals surface area contributed by atoms with E-state index in [9.17, 15) is 4.79 Å². The molecule has 0 aliphatic carbocycles. The van der Waals surface area contributed by atoms with E-state index in [2.05, 4.69) is 4.98 Å². The molecule has 0 fully saturated rings. The summed E-state index contributed by atoms with van der Waals surface area (Å²) in [6.45, 7) is 0.480. The maximum absolute atomic E-state index is 13.4. The van der Waals surface area contributed by atoms with Gasteiger partial charge in [0.25, 0.3) is 0 Å². The number of rotatable bonds is 4. The number of nitrogens with zero attached hydrogens (tertiary/aromatic N) is 1. The number of nitrogens with one attached hydrogen (secondary N) is 1. The lowest BCUT2D eigenvalue weighted by Gasteiger charge is -2.35. The lowest BCUT2D eigenvalue weighted by atomic mass is 9.92. The normalized spacial score (nSPS) is 15.0. The second kappa shape index (κ2) is 9.75. The molecule has 1 unspecified atom stereocenters. The van der Waals surface area contributed by atoms with Gasteiger partial charge in [0.15, 0.2) is 0 Å². The number of aromatic nitrogens is 1. The van der Waals surface area contributed by atoms with Crippen LogP contribution in [0.25, 0.3) is 10.9 Å². The van der Waals surface area contributed by atoms with E-state index in [-0.39, 0.29) is 0 Å². The van der Waals surface area contributed by atoms with Crippen molar-refractivity contribution in [3.05, 3.63) is 117 Å². The molecule has 1 N–H and O–H groups in total. The van der Waals surface area contributed by atoms with E-state index in [0.29, 0.717) is 45.3 Å². The number of aromatic amines is 1. The molecule has 4 aromatic carbocycles. The molecule has 1 aromatic heterocycles. The maximum Gasteiger partial charge on any atom is 0.416 e. The summed E-state index contributed by atoms with van der Waals surface area (Å²) in [5, 5.41) is 2.93. The van der Waals surface area contributed by atoms with Gasteiger partial charge < -0.3 is 14.5 Å². The maximum atomic E-state index is 13.4. The number of hydrogen-bond donors (Lipinski definition) is 1. The highest BCUT2D eigenvalue weighted by Gasteiger charge is 2.35. The zero-order valence-corrected chi connectivity index (χ0v) is 21.6. The number of amides is 1. The number of ether oxygens (including phenoxy) is 2. The summed E-state index contributed by atoms with van der Waals surface area (Å²) in [5.41, 5.74) is 3.97. The topological polar surface area (TPSA) is 54.6 Å². The summed E-state index contributed by atoms with van der Waals surface area (Å²) < 4.78 is 11.6. The van der Waals surface area contributed by atoms with Gasteiger partial charge in [0.1, 0.15) is 17.5 Å². The predicted octanol–water partition coefficient (Wildman–Crippen LogP) is 8.79. The first-order valence-electron chi connectivity index (χ1n) is 11.7. The highest BCUT2D eigenvalue weighted by molar-refractivity contribution is 6.31. The minimum atomic E-state index is -0.443. The van der Waals surface area contributed by atoms with Crippen molar-refractivity contribution in [2.45, 2.75) is 12.5 Å². The summed E-state index contributed by atoms with van der Waals surface area (Å²) in [5.74, 6) is 1.76. The third kappa shape index (κ3) is 4.78. The van der Waals surface area contributed by atoms with E-state index < -0.39 is 12.1 Å². The van der Waals surface area contributed by atoms with E-state index in [1.54, 1.807) is 41.3 Å². The highest BCUT2D eigenvalue weighted by Crippen LogP contribution is 2.40. The van der Waals surface area contributed by atoms with Crippen molar-refractivity contribution < 1.29 is 14.3 Å². The first-order valence-corrected chi connectivity index (χ1v) is 12.8. The molecule has 0 saturated heterocycles. The molecule has 5 aromatic rings. The molecular formula is C29H20Cl3N2O3-. The minimum absolute atomic E-state index is 0.392. The van der Waals surface area contributed by atoms with Gasteiger partial charge in [0.2, 0.25) is 0 Å². The number of hydrogen-bond acceptors (Lipinski definition) is 3. The summed E-state index contributed by atoms with van der Waals surface area (Å²) in [6.07, 6.45) is 0.224. The smallest absolute Gasteiger partial charge is 0.416 e. The Bertz CT molecular complexity index is 1590. The van der Waals surface area contributed by atoms with Crippen LogP contribution in [0, 0.1) is 0 Å². The van der Waals surface area contributed by atoms with Crippen LogP contribution in [0.15, 0.2) is 84.9 Å². The van der Waals surface area contributed by atoms with Gasteiger partial charge in [0.05, 0.1) is 0 Å². The summed E-state index contributed by atoms with van der Waals surface area (Å²) in [6, 6.07) is 25.2. The Balaban J connectivity index is 1.37. The van der Waals surface area contributed by atoms with Crippen LogP contribution >= 0.6 is 34.8 Å². The highest BCUT2D eigenvalue weighted by atomic mass is 35.5. The molecule has 0 saturated carbocycles. The van der Waals surface area contributed by atoms with Crippen LogP contribution in [0.1, 0.15) is 22.9 Å². The Morgan fingerprint density at radius 3 is 2.35 bits per heavy atom. The molecule has 0 bridgehead atoms. The van der Waals surface area contributed by atoms with Gasteiger partial charge in [-0.3, -0.25) is 4.90 Å². The molecule has 6 rings (SSSR count). The monoisotopic (exact) mass is 549 g/mol. The lowest BCUT2D eigenvalue weighted by Crippen LogP contribution is -2.42. The van der Waals surface area contributed by atoms with E-state index in [1.165, 1.54) is 0 Å². The summed E-state index contributed by atoms with van der Waals surface area (Å²) in [4.78, 5) is 18.7. The fraction of sp³-hybridized carbons (Fsp3) is 0.103. The summed E-state index contributed by atoms with van der Waals surface area (Å²) in [7, 11) is 0. The van der Waals surface area contributed by atoms with Gasteiger partial charge in [-0.2, -0.15) is 12.1 Å². The van der Waals surface area contributed by atoms with Crippen molar-refractivity contribution in [3.63, 3.8) is 0 Å². The van der Waals surface area contributed by atoms with Gasteiger partial charge in [-0.15, -0.1) is 17.7 Å². The third-order valence-corrected chi connectivity index (χ3v) is 7.18. The van der Waals surface area contributed by atoms with E-state index in [0.717, 1.165) is 27.7 Å². The molecule has 37 heavy (non-hydrogen) atoms. The van der Waals surface area contributed by atoms with E-state index in [4.69, 9.17) is 44.3 Å². The third-order valence-electron chi connectivity index (χ3n) is 6.46. The van der Waals surface area contributed by atoms with Gasteiger partial charge in [-0.1, -0.05) is 40.4 Å². The van der Waals surface area contributed by atoms with Crippen LogP contribution < -0.4 is 9.47 Å². The Morgan fingerprint density at radius 2 is 1.62 bits per heavy atom. The van der Waals surface area contributed by atoms with Crippen LogP contribution in [0.3, 0.4) is 0 Å². The Labute approximate surface area is 228 Å². The lowest BCUT2D eigenvalue weighted by molar-refractivity contribution is 0.135. The zero-order valence-electron chi connectivity index (χ0n) is 19.4. The SMILES string of the molecule is O=C(Oc1ccc(Cl)cc1)N1CCc2c([nH]c3ccc(Cl)cc23)C1c1ccc(Oc2c[cH-]c(Cl)c2)cc1. The molecule has 186 valence electrons. The van der Waals surface area contributed by atoms with Gasteiger partial charge in [-0.25, -0.2) is 4.79 Å². The molecule has 0 spiro atoms. The predicted molar refractivity (Wildman–Crippen MR) is 147 cm³/mol. The quantitative estimate of drug-likeness (QED) is 0.228. The molecule has 8 heteroatoms. The first kappa shape index (κ1) is 23.9. The number of H-pyrrole nitrogens is 1. The van der Waals surface area contributed by atoms with Crippen molar-refractivity contribution in [1.82, 2.24) is 9.88 Å². The second-order valence-corrected chi connectivity index (χ2v) is 10.1. The van der Waals surface area contributed by atoms with Gasteiger partial charge in [-0.05, 0) is 77.9 Å². The van der Waals surface area contributed by atoms with Crippen molar-refractivity contribution in [3.8, 4) is 17.2 Å². The van der Waals surface area contributed by atoms with Crippen LogP contribution in [0.5, 0.6) is 17.2 Å². The van der Waals surface area contributed by atoms with E-state index in [1.807, 2.05) is 48.5 Å². The minimum Gasteiger partial charge on any atom is -0.528 e. The number of carbonyl (C=O) groups is 1. The molecule has 0 radical (unpaired) electrons. The average Bonchev–Trinajstić information content (AvgIpc) is 3.47. The average molecular weight is 551 g/mol. The second-order valence-electron chi connectivity index (χ2n) is 8.81. The van der Waals surface area contributed by atoms with Gasteiger partial charge in [0, 0.05) is 33.2 Å². The Kier molecular flexibility index (Phi) is 6.29. The van der Waals surface area contributed by atoms with Crippen LogP contribution in [0.2, 0.25) is 15.1 Å². The van der Waals surface area contributed by atoms with Gasteiger partial charge >= 0.3 is 6.09 Å². The molecule has 5 nitrogen and oxygen atoms in total. The van der Waals surface area contributed by atoms with Crippen LogP contribution in [-0.2, 0) is 6.42 Å². The number of benzene rings is 3.